The summed E-state index contributed by atoms with van der Waals surface area (Å²) in [6.45, 7) is 3.83. The van der Waals surface area contributed by atoms with Crippen LogP contribution >= 0.6 is 23.4 Å². The van der Waals surface area contributed by atoms with Crippen molar-refractivity contribution in [2.75, 3.05) is 13.6 Å². The molecule has 0 unspecified atom stereocenters. The second-order valence-electron chi connectivity index (χ2n) is 6.32. The van der Waals surface area contributed by atoms with Gasteiger partial charge in [-0.1, -0.05) is 23.7 Å². The number of hydrogen-bond acceptors (Lipinski definition) is 3. The number of rotatable bonds is 7. The summed E-state index contributed by atoms with van der Waals surface area (Å²) in [5.41, 5.74) is 1.70. The molecule has 138 valence electrons. The van der Waals surface area contributed by atoms with Gasteiger partial charge in [0.25, 0.3) is 5.91 Å². The van der Waals surface area contributed by atoms with Gasteiger partial charge in [-0.25, -0.2) is 0 Å². The van der Waals surface area contributed by atoms with Gasteiger partial charge < -0.3 is 10.2 Å². The largest absolute Gasteiger partial charge is 0.352 e. The molecule has 0 aliphatic rings. The predicted molar refractivity (Wildman–Crippen MR) is 108 cm³/mol. The number of thioether (sulfide) groups is 1. The second-order valence-corrected chi connectivity index (χ2v) is 7.81. The number of nitrogens with one attached hydrogen (secondary N) is 1. The molecule has 0 radical (unpaired) electrons. The quantitative estimate of drug-likeness (QED) is 0.720. The fraction of sp³-hybridized carbons (Fsp3) is 0.300. The number of likely N-dealkylation sites (N-methyl/N-ethyl adjacent to an activating group) is 1. The Morgan fingerprint density at radius 1 is 1.08 bits per heavy atom. The lowest BCUT2D eigenvalue weighted by Gasteiger charge is -2.18. The van der Waals surface area contributed by atoms with Crippen LogP contribution in [0.4, 0.5) is 0 Å². The predicted octanol–water partition coefficient (Wildman–Crippen LogP) is 4.23. The lowest BCUT2D eigenvalue weighted by molar-refractivity contribution is -0.122. The highest BCUT2D eigenvalue weighted by atomic mass is 35.5. The molecule has 2 amide bonds. The van der Waals surface area contributed by atoms with Crippen LogP contribution in [-0.4, -0.2) is 36.3 Å². The first-order chi connectivity index (χ1) is 12.3. The third kappa shape index (κ3) is 6.39. The summed E-state index contributed by atoms with van der Waals surface area (Å²) in [4.78, 5) is 26.8. The second kappa shape index (κ2) is 9.64. The van der Waals surface area contributed by atoms with Crippen LogP contribution in [0.25, 0.3) is 0 Å². The Balaban J connectivity index is 1.90. The summed E-state index contributed by atoms with van der Waals surface area (Å²) in [5.74, 6) is 0.482. The Morgan fingerprint density at radius 3 is 2.27 bits per heavy atom. The molecule has 0 saturated carbocycles. The van der Waals surface area contributed by atoms with E-state index < -0.39 is 0 Å². The van der Waals surface area contributed by atoms with Gasteiger partial charge in [0.1, 0.15) is 0 Å². The van der Waals surface area contributed by atoms with Crippen LogP contribution in [0.3, 0.4) is 0 Å². The Hall–Kier alpha value is -1.98. The first-order valence-corrected chi connectivity index (χ1v) is 9.73. The minimum absolute atomic E-state index is 0.0468. The molecule has 1 N–H and O–H groups in total. The van der Waals surface area contributed by atoms with Crippen LogP contribution in [0, 0.1) is 0 Å². The molecule has 0 spiro atoms. The third-order valence-corrected chi connectivity index (χ3v) is 4.93. The van der Waals surface area contributed by atoms with E-state index in [1.54, 1.807) is 30.9 Å². The van der Waals surface area contributed by atoms with Crippen molar-refractivity contribution in [3.63, 3.8) is 0 Å². The zero-order valence-corrected chi connectivity index (χ0v) is 16.7. The summed E-state index contributed by atoms with van der Waals surface area (Å²) >= 11 is 7.60. The number of hydrogen-bond donors (Lipinski definition) is 1. The highest BCUT2D eigenvalue weighted by Crippen LogP contribution is 2.24. The summed E-state index contributed by atoms with van der Waals surface area (Å²) in [7, 11) is 1.63. The smallest absolute Gasteiger partial charge is 0.254 e. The van der Waals surface area contributed by atoms with Crippen molar-refractivity contribution in [2.24, 2.45) is 0 Å². The standard InChI is InChI=1S/C20H23ClN2O2S/c1-14(2)22-19(24)12-23(3)20(25)16-6-4-15(5-7-16)13-26-18-10-8-17(21)9-11-18/h4-11,14H,12-13H2,1-3H3,(H,22,24). The van der Waals surface area contributed by atoms with E-state index in [-0.39, 0.29) is 24.4 Å². The maximum atomic E-state index is 12.4. The molecule has 6 heteroatoms. The molecule has 2 rings (SSSR count). The number of carbonyl (C=O) groups excluding carboxylic acids is 2. The van der Waals surface area contributed by atoms with Gasteiger partial charge in [0.15, 0.2) is 0 Å². The van der Waals surface area contributed by atoms with Crippen molar-refractivity contribution in [2.45, 2.75) is 30.5 Å². The normalized spacial score (nSPS) is 10.7. The maximum absolute atomic E-state index is 12.4. The fourth-order valence-corrected chi connectivity index (χ4v) is 3.30. The van der Waals surface area contributed by atoms with Crippen molar-refractivity contribution in [1.82, 2.24) is 10.2 Å². The number of carbonyl (C=O) groups is 2. The van der Waals surface area contributed by atoms with Gasteiger partial charge in [-0.15, -0.1) is 11.8 Å². The first-order valence-electron chi connectivity index (χ1n) is 8.37. The monoisotopic (exact) mass is 390 g/mol. The lowest BCUT2D eigenvalue weighted by atomic mass is 10.1. The molecule has 26 heavy (non-hydrogen) atoms. The molecule has 0 aliphatic heterocycles. The van der Waals surface area contributed by atoms with Gasteiger partial charge in [-0.3, -0.25) is 9.59 Å². The van der Waals surface area contributed by atoms with E-state index >= 15 is 0 Å². The van der Waals surface area contributed by atoms with E-state index in [4.69, 9.17) is 11.6 Å². The number of benzene rings is 2. The zero-order valence-electron chi connectivity index (χ0n) is 15.2. The average Bonchev–Trinajstić information content (AvgIpc) is 2.60. The zero-order chi connectivity index (χ0) is 19.1. The van der Waals surface area contributed by atoms with Gasteiger partial charge in [0, 0.05) is 34.3 Å². The summed E-state index contributed by atoms with van der Waals surface area (Å²) in [6, 6.07) is 15.3. The van der Waals surface area contributed by atoms with E-state index in [0.29, 0.717) is 5.56 Å². The summed E-state index contributed by atoms with van der Waals surface area (Å²) in [5, 5.41) is 3.51. The topological polar surface area (TPSA) is 49.4 Å². The Labute approximate surface area is 163 Å². The molecule has 0 bridgehead atoms. The Kier molecular flexibility index (Phi) is 7.54. The molecular formula is C20H23ClN2O2S. The van der Waals surface area contributed by atoms with E-state index in [1.807, 2.05) is 50.2 Å². The van der Waals surface area contributed by atoms with Crippen LogP contribution in [0.1, 0.15) is 29.8 Å². The van der Waals surface area contributed by atoms with Gasteiger partial charge >= 0.3 is 0 Å². The average molecular weight is 391 g/mol. The molecule has 2 aromatic carbocycles. The van der Waals surface area contributed by atoms with Crippen molar-refractivity contribution in [1.29, 1.82) is 0 Å². The highest BCUT2D eigenvalue weighted by Gasteiger charge is 2.15. The van der Waals surface area contributed by atoms with Crippen LogP contribution in [0.5, 0.6) is 0 Å². The number of amides is 2. The van der Waals surface area contributed by atoms with E-state index in [1.165, 1.54) is 4.90 Å². The minimum atomic E-state index is -0.166. The maximum Gasteiger partial charge on any atom is 0.254 e. The number of halogens is 1. The van der Waals surface area contributed by atoms with E-state index in [2.05, 4.69) is 5.32 Å². The molecular weight excluding hydrogens is 368 g/mol. The molecule has 4 nitrogen and oxygen atoms in total. The Bertz CT molecular complexity index is 745. The molecule has 0 aromatic heterocycles. The van der Waals surface area contributed by atoms with Crippen LogP contribution in [0.2, 0.25) is 5.02 Å². The van der Waals surface area contributed by atoms with Crippen LogP contribution in [0.15, 0.2) is 53.4 Å². The first kappa shape index (κ1) is 20.3. The lowest BCUT2D eigenvalue weighted by Crippen LogP contribution is -2.40. The third-order valence-electron chi connectivity index (χ3n) is 3.60. The molecule has 0 saturated heterocycles. The molecule has 2 aromatic rings. The van der Waals surface area contributed by atoms with E-state index in [9.17, 15) is 9.59 Å². The summed E-state index contributed by atoms with van der Waals surface area (Å²) in [6.07, 6.45) is 0. The molecule has 0 fully saturated rings. The van der Waals surface area contributed by atoms with Gasteiger partial charge in [0.05, 0.1) is 6.54 Å². The van der Waals surface area contributed by atoms with Crippen molar-refractivity contribution in [3.05, 3.63) is 64.7 Å². The summed E-state index contributed by atoms with van der Waals surface area (Å²) < 4.78 is 0. The fourth-order valence-electron chi connectivity index (χ4n) is 2.32. The molecule has 0 heterocycles. The Morgan fingerprint density at radius 2 is 1.69 bits per heavy atom. The number of nitrogens with zero attached hydrogens (tertiary/aromatic N) is 1. The van der Waals surface area contributed by atoms with Crippen molar-refractivity contribution in [3.8, 4) is 0 Å². The van der Waals surface area contributed by atoms with Crippen LogP contribution in [-0.2, 0) is 10.5 Å². The van der Waals surface area contributed by atoms with Gasteiger partial charge in [-0.2, -0.15) is 0 Å². The highest BCUT2D eigenvalue weighted by molar-refractivity contribution is 7.98. The molecule has 0 atom stereocenters. The van der Waals surface area contributed by atoms with E-state index in [0.717, 1.165) is 21.2 Å². The minimum Gasteiger partial charge on any atom is -0.352 e. The molecule has 0 aliphatic carbocycles. The van der Waals surface area contributed by atoms with Crippen molar-refractivity contribution < 1.29 is 9.59 Å². The van der Waals surface area contributed by atoms with Crippen molar-refractivity contribution >= 4 is 35.2 Å². The van der Waals surface area contributed by atoms with Crippen LogP contribution < -0.4 is 5.32 Å². The SMILES string of the molecule is CC(C)NC(=O)CN(C)C(=O)c1ccc(CSc2ccc(Cl)cc2)cc1. The van der Waals surface area contributed by atoms with Gasteiger partial charge in [0.2, 0.25) is 5.91 Å². The van der Waals surface area contributed by atoms with Gasteiger partial charge in [-0.05, 0) is 55.8 Å².